The Labute approximate surface area is 152 Å². The molecule has 124 valence electrons. The van der Waals surface area contributed by atoms with Gasteiger partial charge in [-0.1, -0.05) is 17.7 Å². The zero-order valence-corrected chi connectivity index (χ0v) is 16.0. The molecular weight excluding hydrogens is 426 g/mol. The van der Waals surface area contributed by atoms with Gasteiger partial charge in [-0.05, 0) is 52.5 Å². The van der Waals surface area contributed by atoms with Crippen molar-refractivity contribution in [2.45, 2.75) is 11.1 Å². The van der Waals surface area contributed by atoms with E-state index in [1.807, 2.05) is 0 Å². The molecule has 1 heterocycles. The smallest absolute Gasteiger partial charge is 0.326 e. The van der Waals surface area contributed by atoms with Gasteiger partial charge in [-0.25, -0.2) is 8.42 Å². The number of carbonyl (C=O) groups excluding carboxylic acids is 1. The highest BCUT2D eigenvalue weighted by molar-refractivity contribution is 9.10. The molecule has 0 unspecified atom stereocenters. The first kappa shape index (κ1) is 18.3. The zero-order chi connectivity index (χ0) is 17.0. The van der Waals surface area contributed by atoms with E-state index in [0.717, 1.165) is 15.6 Å². The number of esters is 1. The molecule has 0 saturated carbocycles. The molecule has 1 aromatic heterocycles. The van der Waals surface area contributed by atoms with Gasteiger partial charge in [0, 0.05) is 4.47 Å². The third-order valence-electron chi connectivity index (χ3n) is 2.81. The molecule has 0 fully saturated rings. The van der Waals surface area contributed by atoms with E-state index in [4.69, 9.17) is 16.3 Å². The minimum atomic E-state index is -3.88. The van der Waals surface area contributed by atoms with Crippen molar-refractivity contribution >= 4 is 60.5 Å². The number of halogens is 2. The summed E-state index contributed by atoms with van der Waals surface area (Å²) in [6.45, 7) is 1.41. The van der Waals surface area contributed by atoms with Crippen LogP contribution in [0.25, 0.3) is 0 Å². The Balaban J connectivity index is 2.47. The van der Waals surface area contributed by atoms with Crippen LogP contribution in [-0.2, 0) is 19.6 Å². The summed E-state index contributed by atoms with van der Waals surface area (Å²) in [5.41, 5.74) is 0.291. The van der Waals surface area contributed by atoms with Crippen molar-refractivity contribution in [3.8, 4) is 0 Å². The van der Waals surface area contributed by atoms with Crippen LogP contribution in [0.4, 0.5) is 5.69 Å². The largest absolute Gasteiger partial charge is 0.465 e. The number of hydrogen-bond donors (Lipinski definition) is 0. The summed E-state index contributed by atoms with van der Waals surface area (Å²) >= 11 is 10.4. The maximum atomic E-state index is 12.8. The zero-order valence-electron chi connectivity index (χ0n) is 12.0. The van der Waals surface area contributed by atoms with E-state index in [9.17, 15) is 13.2 Å². The van der Waals surface area contributed by atoms with Crippen LogP contribution in [0.3, 0.4) is 0 Å². The van der Waals surface area contributed by atoms with Crippen molar-refractivity contribution in [1.82, 2.24) is 0 Å². The summed E-state index contributed by atoms with van der Waals surface area (Å²) in [6.07, 6.45) is 0. The van der Waals surface area contributed by atoms with Crippen molar-refractivity contribution in [3.63, 3.8) is 0 Å². The molecule has 0 amide bonds. The fourth-order valence-electron chi connectivity index (χ4n) is 1.80. The van der Waals surface area contributed by atoms with Crippen molar-refractivity contribution in [3.05, 3.63) is 45.2 Å². The number of sulfonamides is 1. The molecule has 2 rings (SSSR count). The van der Waals surface area contributed by atoms with E-state index in [-0.39, 0.29) is 10.8 Å². The highest BCUT2D eigenvalue weighted by Crippen LogP contribution is 2.31. The number of nitrogens with zero attached hydrogens (tertiary/aromatic N) is 1. The van der Waals surface area contributed by atoms with Gasteiger partial charge >= 0.3 is 5.97 Å². The molecule has 9 heteroatoms. The van der Waals surface area contributed by atoms with Gasteiger partial charge in [0.05, 0.1) is 17.3 Å². The molecular formula is C14H13BrClNO4S2. The molecule has 0 bridgehead atoms. The molecule has 0 aliphatic carbocycles. The van der Waals surface area contributed by atoms with Crippen LogP contribution in [-0.4, -0.2) is 27.5 Å². The average Bonchev–Trinajstić information content (AvgIpc) is 3.03. The lowest BCUT2D eigenvalue weighted by molar-refractivity contribution is -0.141. The molecule has 0 radical (unpaired) electrons. The van der Waals surface area contributed by atoms with Gasteiger partial charge in [0.15, 0.2) is 0 Å². The molecule has 5 nitrogen and oxygen atoms in total. The van der Waals surface area contributed by atoms with Gasteiger partial charge in [-0.3, -0.25) is 9.10 Å². The second kappa shape index (κ2) is 7.65. The molecule has 2 aromatic rings. The Morgan fingerprint density at radius 1 is 1.39 bits per heavy atom. The summed E-state index contributed by atoms with van der Waals surface area (Å²) in [7, 11) is -3.88. The fourth-order valence-corrected chi connectivity index (χ4v) is 4.72. The predicted molar refractivity (Wildman–Crippen MR) is 94.6 cm³/mol. The molecule has 23 heavy (non-hydrogen) atoms. The van der Waals surface area contributed by atoms with E-state index in [1.165, 1.54) is 12.1 Å². The van der Waals surface area contributed by atoms with Crippen molar-refractivity contribution in [2.24, 2.45) is 0 Å². The average molecular weight is 439 g/mol. The van der Waals surface area contributed by atoms with E-state index in [0.29, 0.717) is 15.2 Å². The van der Waals surface area contributed by atoms with Gasteiger partial charge in [0.1, 0.15) is 10.8 Å². The summed E-state index contributed by atoms with van der Waals surface area (Å²) in [4.78, 5) is 11.8. The Morgan fingerprint density at radius 3 is 2.70 bits per heavy atom. The normalized spacial score (nSPS) is 11.3. The second-order valence-corrected chi connectivity index (χ2v) is 8.65. The van der Waals surface area contributed by atoms with Gasteiger partial charge < -0.3 is 4.74 Å². The van der Waals surface area contributed by atoms with E-state index in [2.05, 4.69) is 15.9 Å². The lowest BCUT2D eigenvalue weighted by Crippen LogP contribution is -2.36. The van der Waals surface area contributed by atoms with Crippen LogP contribution in [0.5, 0.6) is 0 Å². The number of carbonyl (C=O) groups is 1. The first-order valence-corrected chi connectivity index (χ1v) is 10.0. The summed E-state index contributed by atoms with van der Waals surface area (Å²) in [5.74, 6) is -0.633. The molecule has 1 aromatic carbocycles. The van der Waals surface area contributed by atoms with Gasteiger partial charge in [0.25, 0.3) is 10.0 Å². The van der Waals surface area contributed by atoms with Crippen LogP contribution in [0.1, 0.15) is 6.92 Å². The highest BCUT2D eigenvalue weighted by atomic mass is 79.9. The molecule has 0 saturated heterocycles. The monoisotopic (exact) mass is 437 g/mol. The van der Waals surface area contributed by atoms with Gasteiger partial charge in [0.2, 0.25) is 0 Å². The number of ether oxygens (including phenoxy) is 1. The molecule has 0 N–H and O–H groups in total. The summed E-state index contributed by atoms with van der Waals surface area (Å²) in [5, 5.41) is 2.00. The first-order chi connectivity index (χ1) is 10.9. The SMILES string of the molecule is CCOC(=O)CN(c1ccc(Br)c(Cl)c1)S(=O)(=O)c1cccs1. The Morgan fingerprint density at radius 2 is 2.13 bits per heavy atom. The van der Waals surface area contributed by atoms with Crippen molar-refractivity contribution in [1.29, 1.82) is 0 Å². The lowest BCUT2D eigenvalue weighted by atomic mass is 10.3. The number of rotatable bonds is 6. The van der Waals surface area contributed by atoms with E-state index < -0.39 is 22.5 Å². The number of benzene rings is 1. The van der Waals surface area contributed by atoms with Crippen LogP contribution in [0, 0.1) is 0 Å². The van der Waals surface area contributed by atoms with Gasteiger partial charge in [-0.2, -0.15) is 0 Å². The van der Waals surface area contributed by atoms with Crippen LogP contribution in [0.2, 0.25) is 5.02 Å². The minimum absolute atomic E-state index is 0.140. The van der Waals surface area contributed by atoms with Crippen LogP contribution in [0.15, 0.2) is 44.4 Å². The van der Waals surface area contributed by atoms with Crippen molar-refractivity contribution in [2.75, 3.05) is 17.5 Å². The Bertz CT molecular complexity index is 793. The Kier molecular flexibility index (Phi) is 6.07. The molecule has 0 aliphatic heterocycles. The Hall–Kier alpha value is -1.09. The number of anilines is 1. The first-order valence-electron chi connectivity index (χ1n) is 6.53. The second-order valence-electron chi connectivity index (χ2n) is 4.35. The third-order valence-corrected chi connectivity index (χ3v) is 7.19. The third kappa shape index (κ3) is 4.26. The van der Waals surface area contributed by atoms with Crippen LogP contribution < -0.4 is 4.31 Å². The number of hydrogen-bond acceptors (Lipinski definition) is 5. The fraction of sp³-hybridized carbons (Fsp3) is 0.214. The van der Waals surface area contributed by atoms with Crippen molar-refractivity contribution < 1.29 is 17.9 Å². The summed E-state index contributed by atoms with van der Waals surface area (Å²) in [6, 6.07) is 7.80. The maximum Gasteiger partial charge on any atom is 0.326 e. The molecule has 0 spiro atoms. The van der Waals surface area contributed by atoms with E-state index in [1.54, 1.807) is 30.5 Å². The molecule has 0 aliphatic rings. The predicted octanol–water partition coefficient (Wildman–Crippen LogP) is 3.92. The standard InChI is InChI=1S/C14H13BrClNO4S2/c1-2-21-13(18)9-17(10-5-6-11(15)12(16)8-10)23(19,20)14-4-3-7-22-14/h3-8H,2,9H2,1H3. The quantitative estimate of drug-likeness (QED) is 0.641. The summed E-state index contributed by atoms with van der Waals surface area (Å²) < 4.78 is 32.3. The molecule has 0 atom stereocenters. The minimum Gasteiger partial charge on any atom is -0.465 e. The van der Waals surface area contributed by atoms with E-state index >= 15 is 0 Å². The lowest BCUT2D eigenvalue weighted by Gasteiger charge is -2.23. The van der Waals surface area contributed by atoms with Gasteiger partial charge in [-0.15, -0.1) is 11.3 Å². The topological polar surface area (TPSA) is 63.7 Å². The highest BCUT2D eigenvalue weighted by Gasteiger charge is 2.28. The van der Waals surface area contributed by atoms with Crippen LogP contribution >= 0.6 is 38.9 Å². The maximum absolute atomic E-state index is 12.8. The number of thiophene rings is 1.